The van der Waals surface area contributed by atoms with Gasteiger partial charge in [0.15, 0.2) is 0 Å². The van der Waals surface area contributed by atoms with Gasteiger partial charge >= 0.3 is 0 Å². The molecule has 0 spiro atoms. The largest absolute Gasteiger partial charge is 0.348 e. The number of amides is 1. The quantitative estimate of drug-likeness (QED) is 0.653. The van der Waals surface area contributed by atoms with Crippen molar-refractivity contribution < 1.29 is 9.72 Å². The van der Waals surface area contributed by atoms with E-state index in [0.29, 0.717) is 10.0 Å². The molecule has 1 saturated heterocycles. The Labute approximate surface area is 112 Å². The molecule has 1 aromatic carbocycles. The summed E-state index contributed by atoms with van der Waals surface area (Å²) in [7, 11) is 0. The van der Waals surface area contributed by atoms with Gasteiger partial charge in [0.2, 0.25) is 0 Å². The predicted octanol–water partition coefficient (Wildman–Crippen LogP) is 1.45. The Morgan fingerprint density at radius 1 is 1.56 bits per heavy atom. The van der Waals surface area contributed by atoms with E-state index in [0.717, 1.165) is 19.5 Å². The molecule has 2 rings (SSSR count). The summed E-state index contributed by atoms with van der Waals surface area (Å²) >= 11 is 3.18. The zero-order valence-corrected chi connectivity index (χ0v) is 11.1. The molecule has 1 amide bonds. The van der Waals surface area contributed by atoms with Crippen molar-refractivity contribution in [3.05, 3.63) is 38.3 Å². The van der Waals surface area contributed by atoms with Crippen molar-refractivity contribution in [1.29, 1.82) is 0 Å². The molecule has 0 bridgehead atoms. The van der Waals surface area contributed by atoms with Crippen LogP contribution in [0.15, 0.2) is 22.7 Å². The van der Waals surface area contributed by atoms with Gasteiger partial charge in [-0.15, -0.1) is 0 Å². The van der Waals surface area contributed by atoms with Crippen LogP contribution in [0.4, 0.5) is 5.69 Å². The smallest absolute Gasteiger partial charge is 0.270 e. The van der Waals surface area contributed by atoms with Crippen LogP contribution in [-0.4, -0.2) is 30.0 Å². The average Bonchev–Trinajstić information content (AvgIpc) is 2.81. The van der Waals surface area contributed by atoms with E-state index in [1.807, 2.05) is 0 Å². The normalized spacial score (nSPS) is 18.6. The van der Waals surface area contributed by atoms with Gasteiger partial charge in [-0.1, -0.05) is 0 Å². The predicted molar refractivity (Wildman–Crippen MR) is 69.5 cm³/mol. The number of hydrogen-bond acceptors (Lipinski definition) is 4. The number of carbonyl (C=O) groups is 1. The molecule has 0 aromatic heterocycles. The third-order valence-electron chi connectivity index (χ3n) is 2.80. The van der Waals surface area contributed by atoms with Crippen molar-refractivity contribution in [2.45, 2.75) is 12.5 Å². The first-order valence-corrected chi connectivity index (χ1v) is 6.33. The molecule has 1 atom stereocenters. The van der Waals surface area contributed by atoms with Gasteiger partial charge in [-0.3, -0.25) is 14.9 Å². The summed E-state index contributed by atoms with van der Waals surface area (Å²) in [6.45, 7) is 1.66. The highest BCUT2D eigenvalue weighted by Crippen LogP contribution is 2.23. The van der Waals surface area contributed by atoms with Gasteiger partial charge < -0.3 is 10.6 Å². The lowest BCUT2D eigenvalue weighted by Crippen LogP contribution is -2.36. The van der Waals surface area contributed by atoms with Crippen LogP contribution in [0.3, 0.4) is 0 Å². The molecule has 1 unspecified atom stereocenters. The van der Waals surface area contributed by atoms with E-state index >= 15 is 0 Å². The minimum atomic E-state index is -0.493. The SMILES string of the molecule is O=C(NC1CCNC1)c1ccc([N+](=O)[O-])cc1Br. The zero-order chi connectivity index (χ0) is 13.1. The van der Waals surface area contributed by atoms with Crippen LogP contribution < -0.4 is 10.6 Å². The van der Waals surface area contributed by atoms with Crippen molar-refractivity contribution in [3.63, 3.8) is 0 Å². The van der Waals surface area contributed by atoms with Gasteiger partial charge in [0.25, 0.3) is 11.6 Å². The lowest BCUT2D eigenvalue weighted by Gasteiger charge is -2.12. The summed E-state index contributed by atoms with van der Waals surface area (Å²) in [5, 5.41) is 16.6. The van der Waals surface area contributed by atoms with Crippen molar-refractivity contribution in [3.8, 4) is 0 Å². The third-order valence-corrected chi connectivity index (χ3v) is 3.46. The van der Waals surface area contributed by atoms with Crippen LogP contribution in [0.5, 0.6) is 0 Å². The molecule has 0 radical (unpaired) electrons. The Hall–Kier alpha value is -1.47. The first kappa shape index (κ1) is 13.0. The summed E-state index contributed by atoms with van der Waals surface area (Å²) in [5.74, 6) is -0.217. The van der Waals surface area contributed by atoms with E-state index in [1.165, 1.54) is 18.2 Å². The third kappa shape index (κ3) is 2.85. The van der Waals surface area contributed by atoms with Crippen molar-refractivity contribution in [2.75, 3.05) is 13.1 Å². The molecule has 7 heteroatoms. The number of non-ortho nitro benzene ring substituents is 1. The first-order valence-electron chi connectivity index (χ1n) is 5.53. The zero-order valence-electron chi connectivity index (χ0n) is 9.48. The summed E-state index contributed by atoms with van der Waals surface area (Å²) in [6, 6.07) is 4.24. The standard InChI is InChI=1S/C11H12BrN3O3/c12-10-5-8(15(17)18)1-2-9(10)11(16)14-7-3-4-13-6-7/h1-2,5,7,13H,3-4,6H2,(H,14,16). The second-order valence-corrected chi connectivity index (χ2v) is 4.94. The molecule has 1 aliphatic heterocycles. The molecule has 6 nitrogen and oxygen atoms in total. The number of halogens is 1. The highest BCUT2D eigenvalue weighted by Gasteiger charge is 2.20. The molecule has 1 heterocycles. The van der Waals surface area contributed by atoms with Gasteiger partial charge in [0.1, 0.15) is 0 Å². The summed E-state index contributed by atoms with van der Waals surface area (Å²) in [6.07, 6.45) is 0.899. The second-order valence-electron chi connectivity index (χ2n) is 4.08. The minimum Gasteiger partial charge on any atom is -0.348 e. The fraction of sp³-hybridized carbons (Fsp3) is 0.364. The van der Waals surface area contributed by atoms with Crippen LogP contribution in [0, 0.1) is 10.1 Å². The maximum absolute atomic E-state index is 12.0. The lowest BCUT2D eigenvalue weighted by molar-refractivity contribution is -0.384. The number of rotatable bonds is 3. The monoisotopic (exact) mass is 313 g/mol. The van der Waals surface area contributed by atoms with Gasteiger partial charge in [0.05, 0.1) is 10.5 Å². The minimum absolute atomic E-state index is 0.0408. The molecule has 1 fully saturated rings. The van der Waals surface area contributed by atoms with E-state index < -0.39 is 4.92 Å². The van der Waals surface area contributed by atoms with Crippen molar-refractivity contribution in [1.82, 2.24) is 10.6 Å². The number of nitro groups is 1. The number of nitrogens with one attached hydrogen (secondary N) is 2. The fourth-order valence-corrected chi connectivity index (χ4v) is 2.39. The van der Waals surface area contributed by atoms with Crippen LogP contribution in [0.1, 0.15) is 16.8 Å². The molecule has 1 aromatic rings. The highest BCUT2D eigenvalue weighted by atomic mass is 79.9. The Balaban J connectivity index is 2.12. The Kier molecular flexibility index (Phi) is 3.93. The topological polar surface area (TPSA) is 84.3 Å². The van der Waals surface area contributed by atoms with E-state index in [1.54, 1.807) is 0 Å². The molecular formula is C11H12BrN3O3. The molecule has 0 aliphatic carbocycles. The first-order chi connectivity index (χ1) is 8.58. The second kappa shape index (κ2) is 5.45. The molecular weight excluding hydrogens is 302 g/mol. The van der Waals surface area contributed by atoms with E-state index in [2.05, 4.69) is 26.6 Å². The molecule has 18 heavy (non-hydrogen) atoms. The number of benzene rings is 1. The van der Waals surface area contributed by atoms with Gasteiger partial charge in [-0.25, -0.2) is 0 Å². The van der Waals surface area contributed by atoms with E-state index in [-0.39, 0.29) is 17.6 Å². The average molecular weight is 314 g/mol. The van der Waals surface area contributed by atoms with E-state index in [9.17, 15) is 14.9 Å². The number of hydrogen-bond donors (Lipinski definition) is 2. The fourth-order valence-electron chi connectivity index (χ4n) is 1.84. The lowest BCUT2D eigenvalue weighted by atomic mass is 10.1. The van der Waals surface area contributed by atoms with Crippen molar-refractivity contribution in [2.24, 2.45) is 0 Å². The Morgan fingerprint density at radius 3 is 2.89 bits per heavy atom. The molecule has 1 aliphatic rings. The van der Waals surface area contributed by atoms with E-state index in [4.69, 9.17) is 0 Å². The number of carbonyl (C=O) groups excluding carboxylic acids is 1. The van der Waals surface area contributed by atoms with Crippen molar-refractivity contribution >= 4 is 27.5 Å². The highest BCUT2D eigenvalue weighted by molar-refractivity contribution is 9.10. The molecule has 2 N–H and O–H groups in total. The van der Waals surface area contributed by atoms with Gasteiger partial charge in [0, 0.05) is 29.2 Å². The maximum atomic E-state index is 12.0. The maximum Gasteiger partial charge on any atom is 0.270 e. The van der Waals surface area contributed by atoms with Gasteiger partial charge in [-0.05, 0) is 35.0 Å². The summed E-state index contributed by atoms with van der Waals surface area (Å²) in [4.78, 5) is 22.1. The molecule has 96 valence electrons. The number of nitrogens with zero attached hydrogens (tertiary/aromatic N) is 1. The van der Waals surface area contributed by atoms with Crippen LogP contribution >= 0.6 is 15.9 Å². The number of nitro benzene ring substituents is 1. The van der Waals surface area contributed by atoms with Gasteiger partial charge in [-0.2, -0.15) is 0 Å². The molecule has 0 saturated carbocycles. The van der Waals surface area contributed by atoms with Crippen LogP contribution in [0.2, 0.25) is 0 Å². The summed E-state index contributed by atoms with van der Waals surface area (Å²) < 4.78 is 0.431. The Morgan fingerprint density at radius 2 is 2.33 bits per heavy atom. The van der Waals surface area contributed by atoms with Crippen LogP contribution in [0.25, 0.3) is 0 Å². The Bertz CT molecular complexity index is 486. The van der Waals surface area contributed by atoms with Crippen LogP contribution in [-0.2, 0) is 0 Å². The summed E-state index contributed by atoms with van der Waals surface area (Å²) in [5.41, 5.74) is 0.369.